The maximum atomic E-state index is 12.4. The lowest BCUT2D eigenvalue weighted by Gasteiger charge is -2.04. The van der Waals surface area contributed by atoms with E-state index in [9.17, 15) is 14.9 Å². The standard InChI is InChI=1S/C20H12BrN3O4/c21-14-5-1-13(2-6-14)20-23-17-11-15(7-10-18(17)28-20)22-19(25)12-3-8-16(9-4-12)24(26)27/h1-11H,(H,22,25). The van der Waals surface area contributed by atoms with E-state index >= 15 is 0 Å². The van der Waals surface area contributed by atoms with Crippen LogP contribution >= 0.6 is 15.9 Å². The van der Waals surface area contributed by atoms with Crippen LogP contribution < -0.4 is 5.32 Å². The summed E-state index contributed by atoms with van der Waals surface area (Å²) in [4.78, 5) is 27.0. The number of carbonyl (C=O) groups is 1. The van der Waals surface area contributed by atoms with Crippen molar-refractivity contribution in [1.29, 1.82) is 0 Å². The molecule has 28 heavy (non-hydrogen) atoms. The number of oxazole rings is 1. The Morgan fingerprint density at radius 2 is 1.75 bits per heavy atom. The number of aromatic nitrogens is 1. The molecule has 0 radical (unpaired) electrons. The molecular weight excluding hydrogens is 426 g/mol. The summed E-state index contributed by atoms with van der Waals surface area (Å²) in [7, 11) is 0. The van der Waals surface area contributed by atoms with Gasteiger partial charge < -0.3 is 9.73 Å². The summed E-state index contributed by atoms with van der Waals surface area (Å²) < 4.78 is 6.73. The number of halogens is 1. The summed E-state index contributed by atoms with van der Waals surface area (Å²) >= 11 is 3.39. The number of hydrogen-bond donors (Lipinski definition) is 1. The number of nitro benzene ring substituents is 1. The van der Waals surface area contributed by atoms with Gasteiger partial charge in [-0.05, 0) is 54.6 Å². The smallest absolute Gasteiger partial charge is 0.269 e. The molecule has 1 N–H and O–H groups in total. The number of hydrogen-bond acceptors (Lipinski definition) is 5. The van der Waals surface area contributed by atoms with Crippen LogP contribution in [0.5, 0.6) is 0 Å². The summed E-state index contributed by atoms with van der Waals surface area (Å²) in [6, 6.07) is 18.2. The molecule has 0 aliphatic rings. The van der Waals surface area contributed by atoms with Gasteiger partial charge in [-0.3, -0.25) is 14.9 Å². The number of carbonyl (C=O) groups excluding carboxylic acids is 1. The van der Waals surface area contributed by atoms with Gasteiger partial charge >= 0.3 is 0 Å². The van der Waals surface area contributed by atoms with Crippen molar-refractivity contribution in [2.75, 3.05) is 5.32 Å². The van der Waals surface area contributed by atoms with Crippen molar-refractivity contribution in [2.45, 2.75) is 0 Å². The molecule has 0 aliphatic carbocycles. The highest BCUT2D eigenvalue weighted by Crippen LogP contribution is 2.27. The summed E-state index contributed by atoms with van der Waals surface area (Å²) in [5, 5.41) is 13.5. The number of amides is 1. The number of nitrogens with zero attached hydrogens (tertiary/aromatic N) is 2. The molecule has 1 amide bonds. The van der Waals surface area contributed by atoms with Gasteiger partial charge in [0, 0.05) is 33.4 Å². The lowest BCUT2D eigenvalue weighted by Crippen LogP contribution is -2.11. The van der Waals surface area contributed by atoms with Crippen molar-refractivity contribution in [3.05, 3.63) is 86.9 Å². The minimum absolute atomic E-state index is 0.0685. The molecule has 0 spiro atoms. The number of non-ortho nitro benzene ring substituents is 1. The Kier molecular flexibility index (Phi) is 4.62. The number of benzene rings is 3. The fourth-order valence-corrected chi connectivity index (χ4v) is 2.92. The maximum Gasteiger partial charge on any atom is 0.269 e. The molecule has 0 saturated carbocycles. The Hall–Kier alpha value is -3.52. The molecular formula is C20H12BrN3O4. The number of anilines is 1. The predicted octanol–water partition coefficient (Wildman–Crippen LogP) is 5.42. The predicted molar refractivity (Wildman–Crippen MR) is 108 cm³/mol. The van der Waals surface area contributed by atoms with E-state index in [1.165, 1.54) is 24.3 Å². The van der Waals surface area contributed by atoms with Gasteiger partial charge in [-0.1, -0.05) is 15.9 Å². The zero-order valence-electron chi connectivity index (χ0n) is 14.3. The molecule has 1 aromatic heterocycles. The molecule has 4 rings (SSSR count). The third-order valence-electron chi connectivity index (χ3n) is 4.08. The first-order chi connectivity index (χ1) is 13.5. The summed E-state index contributed by atoms with van der Waals surface area (Å²) in [5.41, 5.74) is 2.86. The highest BCUT2D eigenvalue weighted by molar-refractivity contribution is 9.10. The van der Waals surface area contributed by atoms with E-state index < -0.39 is 4.92 Å². The van der Waals surface area contributed by atoms with E-state index in [0.29, 0.717) is 28.2 Å². The van der Waals surface area contributed by atoms with Crippen LogP contribution in [0.15, 0.2) is 75.6 Å². The Morgan fingerprint density at radius 1 is 1.04 bits per heavy atom. The minimum Gasteiger partial charge on any atom is -0.436 e. The first-order valence-electron chi connectivity index (χ1n) is 8.22. The molecule has 1 heterocycles. The van der Waals surface area contributed by atoms with Crippen molar-refractivity contribution < 1.29 is 14.1 Å². The molecule has 0 saturated heterocycles. The molecule has 8 heteroatoms. The van der Waals surface area contributed by atoms with Gasteiger partial charge in [-0.25, -0.2) is 4.98 Å². The summed E-state index contributed by atoms with van der Waals surface area (Å²) in [6.45, 7) is 0. The Morgan fingerprint density at radius 3 is 2.43 bits per heavy atom. The van der Waals surface area contributed by atoms with Gasteiger partial charge in [0.05, 0.1) is 4.92 Å². The molecule has 4 aromatic rings. The van der Waals surface area contributed by atoms with Gasteiger partial charge in [0.1, 0.15) is 5.52 Å². The van der Waals surface area contributed by atoms with Crippen molar-refractivity contribution >= 4 is 44.3 Å². The van der Waals surface area contributed by atoms with Crippen LogP contribution in [0, 0.1) is 10.1 Å². The van der Waals surface area contributed by atoms with Crippen LogP contribution in [-0.2, 0) is 0 Å². The van der Waals surface area contributed by atoms with Crippen molar-refractivity contribution in [1.82, 2.24) is 4.98 Å². The van der Waals surface area contributed by atoms with Crippen molar-refractivity contribution in [3.8, 4) is 11.5 Å². The van der Waals surface area contributed by atoms with Crippen LogP contribution in [0.2, 0.25) is 0 Å². The van der Waals surface area contributed by atoms with Crippen LogP contribution in [0.3, 0.4) is 0 Å². The maximum absolute atomic E-state index is 12.4. The van der Waals surface area contributed by atoms with E-state index in [1.807, 2.05) is 24.3 Å². The monoisotopic (exact) mass is 437 g/mol. The SMILES string of the molecule is O=C(Nc1ccc2oc(-c3ccc(Br)cc3)nc2c1)c1ccc([N+](=O)[O-])cc1. The average molecular weight is 438 g/mol. The zero-order valence-corrected chi connectivity index (χ0v) is 15.8. The third kappa shape index (κ3) is 3.63. The first-order valence-corrected chi connectivity index (χ1v) is 9.01. The van der Waals surface area contributed by atoms with Gasteiger partial charge in [-0.2, -0.15) is 0 Å². The Bertz CT molecular complexity index is 1180. The molecule has 0 fully saturated rings. The third-order valence-corrected chi connectivity index (χ3v) is 4.61. The molecule has 7 nitrogen and oxygen atoms in total. The second-order valence-corrected chi connectivity index (χ2v) is 6.88. The molecule has 0 aliphatic heterocycles. The molecule has 138 valence electrons. The van der Waals surface area contributed by atoms with Crippen LogP contribution in [-0.4, -0.2) is 15.8 Å². The summed E-state index contributed by atoms with van der Waals surface area (Å²) in [5.74, 6) is 0.118. The highest BCUT2D eigenvalue weighted by Gasteiger charge is 2.12. The fourth-order valence-electron chi connectivity index (χ4n) is 2.66. The Balaban J connectivity index is 1.56. The van der Waals surface area contributed by atoms with E-state index in [-0.39, 0.29) is 11.6 Å². The Labute approximate surface area is 167 Å². The number of fused-ring (bicyclic) bond motifs is 1. The first kappa shape index (κ1) is 17.9. The highest BCUT2D eigenvalue weighted by atomic mass is 79.9. The number of nitrogens with one attached hydrogen (secondary N) is 1. The normalized spacial score (nSPS) is 10.8. The number of rotatable bonds is 4. The van der Waals surface area contributed by atoms with E-state index in [4.69, 9.17) is 4.42 Å². The minimum atomic E-state index is -0.511. The second kappa shape index (κ2) is 7.24. The van der Waals surface area contributed by atoms with E-state index in [0.717, 1.165) is 10.0 Å². The van der Waals surface area contributed by atoms with Crippen molar-refractivity contribution in [3.63, 3.8) is 0 Å². The van der Waals surface area contributed by atoms with Gasteiger partial charge in [-0.15, -0.1) is 0 Å². The van der Waals surface area contributed by atoms with Gasteiger partial charge in [0.25, 0.3) is 11.6 Å². The number of nitro groups is 1. The van der Waals surface area contributed by atoms with Crippen molar-refractivity contribution in [2.24, 2.45) is 0 Å². The lowest BCUT2D eigenvalue weighted by molar-refractivity contribution is -0.384. The summed E-state index contributed by atoms with van der Waals surface area (Å²) in [6.07, 6.45) is 0. The molecule has 0 atom stereocenters. The largest absolute Gasteiger partial charge is 0.436 e. The average Bonchev–Trinajstić information content (AvgIpc) is 3.12. The topological polar surface area (TPSA) is 98.3 Å². The van der Waals surface area contributed by atoms with Crippen LogP contribution in [0.25, 0.3) is 22.6 Å². The van der Waals surface area contributed by atoms with Crippen LogP contribution in [0.4, 0.5) is 11.4 Å². The zero-order chi connectivity index (χ0) is 19.7. The lowest BCUT2D eigenvalue weighted by atomic mass is 10.2. The second-order valence-electron chi connectivity index (χ2n) is 5.97. The van der Waals surface area contributed by atoms with Gasteiger partial charge in [0.15, 0.2) is 5.58 Å². The fraction of sp³-hybridized carbons (Fsp3) is 0. The van der Waals surface area contributed by atoms with E-state index in [2.05, 4.69) is 26.2 Å². The van der Waals surface area contributed by atoms with Gasteiger partial charge in [0.2, 0.25) is 5.89 Å². The quantitative estimate of drug-likeness (QED) is 0.339. The molecule has 3 aromatic carbocycles. The molecule has 0 bridgehead atoms. The molecule has 0 unspecified atom stereocenters. The van der Waals surface area contributed by atoms with Crippen LogP contribution in [0.1, 0.15) is 10.4 Å². The van der Waals surface area contributed by atoms with E-state index in [1.54, 1.807) is 18.2 Å².